The summed E-state index contributed by atoms with van der Waals surface area (Å²) in [5, 5.41) is 4.16. The highest BCUT2D eigenvalue weighted by atomic mass is 15.3. The van der Waals surface area contributed by atoms with Crippen molar-refractivity contribution in [3.8, 4) is 0 Å². The van der Waals surface area contributed by atoms with Gasteiger partial charge in [0.25, 0.3) is 0 Å². The third-order valence-corrected chi connectivity index (χ3v) is 3.36. The van der Waals surface area contributed by atoms with E-state index in [0.29, 0.717) is 5.92 Å². The van der Waals surface area contributed by atoms with E-state index in [1.165, 1.54) is 24.0 Å². The monoisotopic (exact) mass is 243 g/mol. The van der Waals surface area contributed by atoms with Crippen LogP contribution in [0.1, 0.15) is 43.2 Å². The predicted octanol–water partition coefficient (Wildman–Crippen LogP) is 3.56. The number of hydrogen-bond acceptors (Lipinski definition) is 2. The first kappa shape index (κ1) is 12.8. The van der Waals surface area contributed by atoms with E-state index in [-0.39, 0.29) is 0 Å². The highest BCUT2D eigenvalue weighted by Gasteiger charge is 2.10. The molecule has 0 unspecified atom stereocenters. The second-order valence-corrected chi connectivity index (χ2v) is 4.84. The molecular formula is C15H21N3. The van der Waals surface area contributed by atoms with E-state index in [1.54, 1.807) is 12.7 Å². The van der Waals surface area contributed by atoms with Crippen molar-refractivity contribution in [3.05, 3.63) is 48.0 Å². The maximum absolute atomic E-state index is 4.16. The van der Waals surface area contributed by atoms with Gasteiger partial charge in [-0.05, 0) is 31.2 Å². The average molecular weight is 243 g/mol. The lowest BCUT2D eigenvalue weighted by atomic mass is 9.91. The molecule has 1 aromatic carbocycles. The van der Waals surface area contributed by atoms with Crippen molar-refractivity contribution in [2.75, 3.05) is 0 Å². The molecule has 0 saturated carbocycles. The summed E-state index contributed by atoms with van der Waals surface area (Å²) in [5.41, 5.74) is 2.77. The fourth-order valence-corrected chi connectivity index (χ4v) is 2.30. The Kier molecular flexibility index (Phi) is 4.51. The van der Waals surface area contributed by atoms with Gasteiger partial charge in [0, 0.05) is 6.54 Å². The molecule has 0 bridgehead atoms. The predicted molar refractivity (Wildman–Crippen MR) is 73.5 cm³/mol. The zero-order valence-electron chi connectivity index (χ0n) is 11.2. The summed E-state index contributed by atoms with van der Waals surface area (Å²) in [5.74, 6) is 0.625. The number of aryl methyl sites for hydroxylation is 2. The Morgan fingerprint density at radius 1 is 1.17 bits per heavy atom. The summed E-state index contributed by atoms with van der Waals surface area (Å²) >= 11 is 0. The molecule has 2 aromatic rings. The quantitative estimate of drug-likeness (QED) is 0.776. The van der Waals surface area contributed by atoms with Crippen LogP contribution >= 0.6 is 0 Å². The summed E-state index contributed by atoms with van der Waals surface area (Å²) < 4.78 is 1.91. The van der Waals surface area contributed by atoms with Crippen molar-refractivity contribution in [2.24, 2.45) is 0 Å². The third kappa shape index (κ3) is 3.42. The first-order chi connectivity index (χ1) is 8.79. The minimum atomic E-state index is 0.625. The fraction of sp³-hybridized carbons (Fsp3) is 0.467. The molecule has 0 N–H and O–H groups in total. The Morgan fingerprint density at radius 3 is 2.56 bits per heavy atom. The standard InChI is InChI=1S/C15H21N3/c1-3-4-14(9-10-18-12-16-11-17-18)15-7-5-13(2)6-8-15/h5-8,11-12,14H,3-4,9-10H2,1-2H3/t14-/m1/s1. The zero-order chi connectivity index (χ0) is 12.8. The molecule has 18 heavy (non-hydrogen) atoms. The molecule has 1 aromatic heterocycles. The van der Waals surface area contributed by atoms with Crippen LogP contribution in [-0.2, 0) is 6.54 Å². The molecule has 0 amide bonds. The number of benzene rings is 1. The molecule has 3 heteroatoms. The Balaban J connectivity index is 2.01. The van der Waals surface area contributed by atoms with E-state index in [0.717, 1.165) is 13.0 Å². The van der Waals surface area contributed by atoms with Gasteiger partial charge in [-0.15, -0.1) is 0 Å². The van der Waals surface area contributed by atoms with Gasteiger partial charge in [-0.25, -0.2) is 4.98 Å². The molecule has 2 rings (SSSR count). The molecule has 0 saturated heterocycles. The van der Waals surface area contributed by atoms with Crippen molar-refractivity contribution < 1.29 is 0 Å². The SMILES string of the molecule is CCC[C@H](CCn1cncn1)c1ccc(C)cc1. The molecule has 1 heterocycles. The van der Waals surface area contributed by atoms with Gasteiger partial charge in [0.1, 0.15) is 12.7 Å². The second-order valence-electron chi connectivity index (χ2n) is 4.84. The first-order valence-corrected chi connectivity index (χ1v) is 6.68. The minimum Gasteiger partial charge on any atom is -0.253 e. The van der Waals surface area contributed by atoms with Gasteiger partial charge in [0.05, 0.1) is 0 Å². The molecule has 0 spiro atoms. The van der Waals surface area contributed by atoms with Gasteiger partial charge in [0.2, 0.25) is 0 Å². The highest BCUT2D eigenvalue weighted by Crippen LogP contribution is 2.25. The molecule has 0 aliphatic rings. The van der Waals surface area contributed by atoms with Crippen LogP contribution in [0.4, 0.5) is 0 Å². The zero-order valence-corrected chi connectivity index (χ0v) is 11.2. The van der Waals surface area contributed by atoms with Crippen molar-refractivity contribution in [1.29, 1.82) is 0 Å². The maximum Gasteiger partial charge on any atom is 0.137 e. The van der Waals surface area contributed by atoms with Gasteiger partial charge >= 0.3 is 0 Å². The van der Waals surface area contributed by atoms with Crippen LogP contribution in [0.3, 0.4) is 0 Å². The molecule has 96 valence electrons. The largest absolute Gasteiger partial charge is 0.253 e. The van der Waals surface area contributed by atoms with Gasteiger partial charge in [-0.2, -0.15) is 5.10 Å². The van der Waals surface area contributed by atoms with Crippen molar-refractivity contribution in [1.82, 2.24) is 14.8 Å². The number of aromatic nitrogens is 3. The molecule has 0 radical (unpaired) electrons. The van der Waals surface area contributed by atoms with Crippen LogP contribution in [0.5, 0.6) is 0 Å². The Hall–Kier alpha value is -1.64. The van der Waals surface area contributed by atoms with E-state index < -0.39 is 0 Å². The Bertz CT molecular complexity index is 445. The van der Waals surface area contributed by atoms with Crippen LogP contribution < -0.4 is 0 Å². The topological polar surface area (TPSA) is 30.7 Å². The van der Waals surface area contributed by atoms with Crippen molar-refractivity contribution >= 4 is 0 Å². The molecular weight excluding hydrogens is 222 g/mol. The summed E-state index contributed by atoms with van der Waals surface area (Å²) in [7, 11) is 0. The normalized spacial score (nSPS) is 12.6. The average Bonchev–Trinajstić information content (AvgIpc) is 2.89. The summed E-state index contributed by atoms with van der Waals surface area (Å²) in [6.07, 6.45) is 6.97. The molecule has 3 nitrogen and oxygen atoms in total. The fourth-order valence-electron chi connectivity index (χ4n) is 2.30. The smallest absolute Gasteiger partial charge is 0.137 e. The summed E-state index contributed by atoms with van der Waals surface area (Å²) in [4.78, 5) is 3.98. The van der Waals surface area contributed by atoms with Crippen LogP contribution in [0.2, 0.25) is 0 Å². The lowest BCUT2D eigenvalue weighted by Gasteiger charge is -2.16. The van der Waals surface area contributed by atoms with Crippen molar-refractivity contribution in [2.45, 2.75) is 45.6 Å². The minimum absolute atomic E-state index is 0.625. The Morgan fingerprint density at radius 2 is 1.94 bits per heavy atom. The molecule has 0 fully saturated rings. The summed E-state index contributed by atoms with van der Waals surface area (Å²) in [6.45, 7) is 5.32. The van der Waals surface area contributed by atoms with Crippen LogP contribution in [0, 0.1) is 6.92 Å². The first-order valence-electron chi connectivity index (χ1n) is 6.68. The van der Waals surface area contributed by atoms with Crippen LogP contribution in [0.15, 0.2) is 36.9 Å². The lowest BCUT2D eigenvalue weighted by molar-refractivity contribution is 0.488. The van der Waals surface area contributed by atoms with E-state index in [2.05, 4.69) is 48.2 Å². The van der Waals surface area contributed by atoms with Gasteiger partial charge in [0.15, 0.2) is 0 Å². The lowest BCUT2D eigenvalue weighted by Crippen LogP contribution is -2.06. The number of rotatable bonds is 6. The van der Waals surface area contributed by atoms with E-state index in [4.69, 9.17) is 0 Å². The van der Waals surface area contributed by atoms with E-state index >= 15 is 0 Å². The molecule has 0 aliphatic carbocycles. The maximum atomic E-state index is 4.16. The van der Waals surface area contributed by atoms with Gasteiger partial charge in [-0.1, -0.05) is 43.2 Å². The van der Waals surface area contributed by atoms with Crippen LogP contribution in [-0.4, -0.2) is 14.8 Å². The van der Waals surface area contributed by atoms with Crippen molar-refractivity contribution in [3.63, 3.8) is 0 Å². The highest BCUT2D eigenvalue weighted by molar-refractivity contribution is 5.24. The molecule has 1 atom stereocenters. The van der Waals surface area contributed by atoms with Crippen LogP contribution in [0.25, 0.3) is 0 Å². The summed E-state index contributed by atoms with van der Waals surface area (Å²) in [6, 6.07) is 8.93. The van der Waals surface area contributed by atoms with E-state index in [1.807, 2.05) is 4.68 Å². The number of hydrogen-bond donors (Lipinski definition) is 0. The van der Waals surface area contributed by atoms with E-state index in [9.17, 15) is 0 Å². The third-order valence-electron chi connectivity index (χ3n) is 3.36. The Labute approximate surface area is 109 Å². The van der Waals surface area contributed by atoms with Gasteiger partial charge < -0.3 is 0 Å². The number of nitrogens with zero attached hydrogens (tertiary/aromatic N) is 3. The van der Waals surface area contributed by atoms with Gasteiger partial charge in [-0.3, -0.25) is 4.68 Å². The molecule has 0 aliphatic heterocycles. The second kappa shape index (κ2) is 6.34.